The SMILES string of the molecule is O=C(Nc1ccc(-c2ccc3c(C(=O)O)n[nH]c3c2)cc1)c1cc2ccccc2s1. The molecule has 0 atom stereocenters. The fraction of sp³-hybridized carbons (Fsp3) is 0. The lowest BCUT2D eigenvalue weighted by Crippen LogP contribution is -2.09. The summed E-state index contributed by atoms with van der Waals surface area (Å²) in [5.74, 6) is -1.20. The summed E-state index contributed by atoms with van der Waals surface area (Å²) in [7, 11) is 0. The maximum Gasteiger partial charge on any atom is 0.357 e. The van der Waals surface area contributed by atoms with E-state index in [4.69, 9.17) is 5.11 Å². The number of rotatable bonds is 4. The molecule has 5 aromatic rings. The van der Waals surface area contributed by atoms with Gasteiger partial charge in [0.2, 0.25) is 0 Å². The van der Waals surface area contributed by atoms with Gasteiger partial charge < -0.3 is 10.4 Å². The molecule has 0 fully saturated rings. The van der Waals surface area contributed by atoms with Crippen molar-refractivity contribution in [2.24, 2.45) is 0 Å². The Balaban J connectivity index is 1.36. The van der Waals surface area contributed by atoms with E-state index < -0.39 is 5.97 Å². The van der Waals surface area contributed by atoms with Gasteiger partial charge in [-0.05, 0) is 52.9 Å². The van der Waals surface area contributed by atoms with Crippen molar-refractivity contribution in [1.82, 2.24) is 10.2 Å². The minimum absolute atomic E-state index is 0.0100. The zero-order valence-electron chi connectivity index (χ0n) is 15.5. The Hall–Kier alpha value is -3.97. The quantitative estimate of drug-likeness (QED) is 0.368. The average Bonchev–Trinajstić information content (AvgIpc) is 3.38. The van der Waals surface area contributed by atoms with Gasteiger partial charge in [0.05, 0.1) is 10.4 Å². The number of aromatic carboxylic acids is 1. The molecule has 3 aromatic carbocycles. The molecule has 30 heavy (non-hydrogen) atoms. The van der Waals surface area contributed by atoms with Gasteiger partial charge >= 0.3 is 5.97 Å². The van der Waals surface area contributed by atoms with E-state index in [0.29, 0.717) is 21.5 Å². The number of benzene rings is 3. The number of carbonyl (C=O) groups is 2. The molecule has 0 spiro atoms. The molecule has 2 heterocycles. The Morgan fingerprint density at radius 1 is 0.933 bits per heavy atom. The highest BCUT2D eigenvalue weighted by Gasteiger charge is 2.13. The second-order valence-electron chi connectivity index (χ2n) is 6.82. The van der Waals surface area contributed by atoms with Gasteiger partial charge in [-0.3, -0.25) is 9.89 Å². The molecule has 146 valence electrons. The molecule has 6 nitrogen and oxygen atoms in total. The topological polar surface area (TPSA) is 95.1 Å². The van der Waals surface area contributed by atoms with E-state index >= 15 is 0 Å². The van der Waals surface area contributed by atoms with Crippen LogP contribution in [0.4, 0.5) is 5.69 Å². The summed E-state index contributed by atoms with van der Waals surface area (Å²) in [4.78, 5) is 24.4. The first-order chi connectivity index (χ1) is 14.6. The van der Waals surface area contributed by atoms with E-state index in [1.54, 1.807) is 6.07 Å². The van der Waals surface area contributed by atoms with Crippen molar-refractivity contribution in [1.29, 1.82) is 0 Å². The first-order valence-corrected chi connectivity index (χ1v) is 10.0. The Morgan fingerprint density at radius 2 is 1.70 bits per heavy atom. The minimum Gasteiger partial charge on any atom is -0.476 e. The number of nitrogens with zero attached hydrogens (tertiary/aromatic N) is 1. The summed E-state index contributed by atoms with van der Waals surface area (Å²) >= 11 is 1.47. The molecule has 0 bridgehead atoms. The van der Waals surface area contributed by atoms with Crippen LogP contribution in [-0.2, 0) is 0 Å². The van der Waals surface area contributed by atoms with Crippen LogP contribution in [0, 0.1) is 0 Å². The van der Waals surface area contributed by atoms with Crippen LogP contribution < -0.4 is 5.32 Å². The number of aromatic amines is 1. The van der Waals surface area contributed by atoms with Crippen LogP contribution in [0.3, 0.4) is 0 Å². The molecular formula is C23H15N3O3S. The van der Waals surface area contributed by atoms with Gasteiger partial charge in [0, 0.05) is 15.8 Å². The molecule has 1 amide bonds. The molecule has 0 radical (unpaired) electrons. The first kappa shape index (κ1) is 18.1. The third-order valence-corrected chi connectivity index (χ3v) is 6.01. The van der Waals surface area contributed by atoms with Gasteiger partial charge in [0.15, 0.2) is 5.69 Å². The van der Waals surface area contributed by atoms with E-state index in [2.05, 4.69) is 15.5 Å². The number of carboxylic acids is 1. The van der Waals surface area contributed by atoms with Crippen molar-refractivity contribution < 1.29 is 14.7 Å². The molecule has 0 unspecified atom stereocenters. The molecule has 0 aliphatic rings. The maximum atomic E-state index is 12.6. The third kappa shape index (κ3) is 3.21. The molecule has 0 aliphatic heterocycles. The highest BCUT2D eigenvalue weighted by molar-refractivity contribution is 7.20. The summed E-state index contributed by atoms with van der Waals surface area (Å²) in [5.41, 5.74) is 3.24. The average molecular weight is 413 g/mol. The zero-order chi connectivity index (χ0) is 20.7. The number of amides is 1. The number of anilines is 1. The monoisotopic (exact) mass is 413 g/mol. The standard InChI is InChI=1S/C23H15N3O3S/c27-22(20-12-15-3-1-2-4-19(15)30-20)24-16-8-5-13(6-9-16)14-7-10-17-18(11-14)25-26-21(17)23(28)29/h1-12H,(H,24,27)(H,25,26)(H,28,29). The number of H-pyrrole nitrogens is 1. The summed E-state index contributed by atoms with van der Waals surface area (Å²) in [6, 6.07) is 22.8. The number of hydrogen-bond acceptors (Lipinski definition) is 4. The van der Waals surface area contributed by atoms with E-state index in [1.165, 1.54) is 11.3 Å². The maximum absolute atomic E-state index is 12.6. The molecular weight excluding hydrogens is 398 g/mol. The Kier molecular flexibility index (Phi) is 4.30. The van der Waals surface area contributed by atoms with Crippen molar-refractivity contribution in [3.63, 3.8) is 0 Å². The third-order valence-electron chi connectivity index (χ3n) is 4.89. The Labute approximate surface area is 174 Å². The van der Waals surface area contributed by atoms with Crippen LogP contribution in [0.2, 0.25) is 0 Å². The number of hydrogen-bond donors (Lipinski definition) is 3. The van der Waals surface area contributed by atoms with E-state index in [9.17, 15) is 9.59 Å². The second-order valence-corrected chi connectivity index (χ2v) is 7.90. The number of thiophene rings is 1. The lowest BCUT2D eigenvalue weighted by Gasteiger charge is -2.06. The van der Waals surface area contributed by atoms with Crippen molar-refractivity contribution in [2.45, 2.75) is 0 Å². The number of carboxylic acid groups (broad SMARTS) is 1. The summed E-state index contributed by atoms with van der Waals surface area (Å²) in [6.07, 6.45) is 0. The molecule has 5 rings (SSSR count). The van der Waals surface area contributed by atoms with Crippen LogP contribution >= 0.6 is 11.3 Å². The first-order valence-electron chi connectivity index (χ1n) is 9.20. The number of aromatic nitrogens is 2. The molecule has 0 saturated carbocycles. The fourth-order valence-electron chi connectivity index (χ4n) is 3.39. The van der Waals surface area contributed by atoms with Gasteiger partial charge in [-0.25, -0.2) is 4.79 Å². The fourth-order valence-corrected chi connectivity index (χ4v) is 4.35. The lowest BCUT2D eigenvalue weighted by atomic mass is 10.0. The van der Waals surface area contributed by atoms with E-state index in [1.807, 2.05) is 66.7 Å². The Morgan fingerprint density at radius 3 is 2.47 bits per heavy atom. The highest BCUT2D eigenvalue weighted by Crippen LogP contribution is 2.28. The normalized spacial score (nSPS) is 11.1. The summed E-state index contributed by atoms with van der Waals surface area (Å²) in [5, 5.41) is 20.3. The second kappa shape index (κ2) is 7.13. The smallest absolute Gasteiger partial charge is 0.357 e. The van der Waals surface area contributed by atoms with Gasteiger partial charge in [0.25, 0.3) is 5.91 Å². The molecule has 0 saturated heterocycles. The lowest BCUT2D eigenvalue weighted by molar-refractivity contribution is 0.0692. The number of fused-ring (bicyclic) bond motifs is 2. The van der Waals surface area contributed by atoms with Crippen molar-refractivity contribution in [2.75, 3.05) is 5.32 Å². The predicted octanol–water partition coefficient (Wildman–Crippen LogP) is 5.40. The van der Waals surface area contributed by atoms with Crippen molar-refractivity contribution in [3.8, 4) is 11.1 Å². The number of nitrogens with one attached hydrogen (secondary N) is 2. The van der Waals surface area contributed by atoms with Gasteiger partial charge in [-0.1, -0.05) is 36.4 Å². The van der Waals surface area contributed by atoms with Gasteiger partial charge in [-0.2, -0.15) is 5.10 Å². The van der Waals surface area contributed by atoms with Crippen molar-refractivity contribution >= 4 is 49.9 Å². The summed E-state index contributed by atoms with van der Waals surface area (Å²) in [6.45, 7) is 0. The molecule has 2 aromatic heterocycles. The van der Waals surface area contributed by atoms with Crippen LogP contribution in [0.25, 0.3) is 32.1 Å². The zero-order valence-corrected chi connectivity index (χ0v) is 16.4. The summed E-state index contributed by atoms with van der Waals surface area (Å²) < 4.78 is 1.08. The number of carbonyl (C=O) groups excluding carboxylic acids is 1. The molecule has 3 N–H and O–H groups in total. The van der Waals surface area contributed by atoms with E-state index in [0.717, 1.165) is 21.2 Å². The predicted molar refractivity (Wildman–Crippen MR) is 118 cm³/mol. The molecule has 7 heteroatoms. The largest absolute Gasteiger partial charge is 0.476 e. The van der Waals surface area contributed by atoms with Gasteiger partial charge in [0.1, 0.15) is 0 Å². The van der Waals surface area contributed by atoms with Crippen LogP contribution in [0.5, 0.6) is 0 Å². The Bertz CT molecular complexity index is 1380. The van der Waals surface area contributed by atoms with Crippen LogP contribution in [0.15, 0.2) is 72.8 Å². The van der Waals surface area contributed by atoms with Gasteiger partial charge in [-0.15, -0.1) is 11.3 Å². The molecule has 0 aliphatic carbocycles. The highest BCUT2D eigenvalue weighted by atomic mass is 32.1. The van der Waals surface area contributed by atoms with E-state index in [-0.39, 0.29) is 11.6 Å². The van der Waals surface area contributed by atoms with Crippen molar-refractivity contribution in [3.05, 3.63) is 83.4 Å². The van der Waals surface area contributed by atoms with Crippen LogP contribution in [-0.4, -0.2) is 27.2 Å². The minimum atomic E-state index is -1.06. The van der Waals surface area contributed by atoms with Crippen LogP contribution in [0.1, 0.15) is 20.2 Å².